The van der Waals surface area contributed by atoms with Crippen molar-refractivity contribution in [3.8, 4) is 0 Å². The molecule has 0 aliphatic rings. The summed E-state index contributed by atoms with van der Waals surface area (Å²) in [5.41, 5.74) is 0. The SMILES string of the molecule is C=CC(=O)OCC([CH2-])C.[Rf]. The second-order valence-corrected chi connectivity index (χ2v) is 1.94. The van der Waals surface area contributed by atoms with E-state index < -0.39 is 0 Å². The third-order valence-electron chi connectivity index (χ3n) is 0.677. The van der Waals surface area contributed by atoms with Crippen LogP contribution in [0.1, 0.15) is 6.92 Å². The van der Waals surface area contributed by atoms with E-state index >= 15 is 0 Å². The number of hydrogen-bond acceptors (Lipinski definition) is 2. The summed E-state index contributed by atoms with van der Waals surface area (Å²) in [6.45, 7) is 9.11. The first-order chi connectivity index (χ1) is 4.16. The van der Waals surface area contributed by atoms with Gasteiger partial charge in [-0.1, -0.05) is 13.5 Å². The van der Waals surface area contributed by atoms with Gasteiger partial charge in [0.15, 0.2) is 0 Å². The van der Waals surface area contributed by atoms with Crippen molar-refractivity contribution in [2.75, 3.05) is 6.61 Å². The smallest absolute Gasteiger partial charge is 0.330 e. The molecule has 3 heteroatoms. The van der Waals surface area contributed by atoms with Gasteiger partial charge in [-0.25, -0.2) is 4.79 Å². The third-order valence-corrected chi connectivity index (χ3v) is 0.677. The maximum absolute atomic E-state index is 10.3. The van der Waals surface area contributed by atoms with Crippen molar-refractivity contribution in [2.45, 2.75) is 6.92 Å². The Balaban J connectivity index is 0. The molecule has 0 heterocycles. The van der Waals surface area contributed by atoms with Gasteiger partial charge in [-0.3, -0.25) is 0 Å². The van der Waals surface area contributed by atoms with Crippen LogP contribution in [0.5, 0.6) is 0 Å². The predicted molar refractivity (Wildman–Crippen MR) is 35.7 cm³/mol. The van der Waals surface area contributed by atoms with E-state index in [4.69, 9.17) is 0 Å². The molecule has 0 aromatic rings. The summed E-state index contributed by atoms with van der Waals surface area (Å²) in [4.78, 5) is 10.3. The number of rotatable bonds is 3. The first-order valence-corrected chi connectivity index (χ1v) is 2.79. The molecule has 0 saturated carbocycles. The molecule has 1 unspecified atom stereocenters. The largest absolute Gasteiger partial charge is 0.465 e. The molecule has 1 atom stereocenters. The topological polar surface area (TPSA) is 26.3 Å². The molecule has 0 saturated heterocycles. The Morgan fingerprint density at radius 2 is 2.40 bits per heavy atom. The Kier molecular flexibility index (Phi) is 5.92. The molecule has 0 rings (SSSR count). The summed E-state index contributed by atoms with van der Waals surface area (Å²) >= 11 is 0. The van der Waals surface area contributed by atoms with Crippen LogP contribution in [0.3, 0.4) is 0 Å². The van der Waals surface area contributed by atoms with Gasteiger partial charge in [0, 0.05) is 6.08 Å². The number of carbonyl (C=O) groups is 1. The van der Waals surface area contributed by atoms with Gasteiger partial charge < -0.3 is 11.7 Å². The van der Waals surface area contributed by atoms with Gasteiger partial charge in [0.05, 0.1) is 6.61 Å². The van der Waals surface area contributed by atoms with Gasteiger partial charge >= 0.3 is 5.97 Å². The minimum absolute atomic E-state index is 0. The van der Waals surface area contributed by atoms with Crippen LogP contribution in [0.2, 0.25) is 0 Å². The van der Waals surface area contributed by atoms with Gasteiger partial charge in [-0.15, -0.1) is 5.92 Å². The molecular weight excluding hydrogens is 383 g/mol. The van der Waals surface area contributed by atoms with E-state index in [2.05, 4.69) is 18.2 Å². The average Bonchev–Trinajstić information content (AvgIpc) is 1.83. The Bertz CT molecular complexity index is 110. The van der Waals surface area contributed by atoms with Crippen molar-refractivity contribution in [2.24, 2.45) is 5.92 Å². The molecule has 0 radical (unpaired) electrons. The van der Waals surface area contributed by atoms with E-state index in [1.165, 1.54) is 0 Å². The Morgan fingerprint density at radius 1 is 1.90 bits per heavy atom. The summed E-state index contributed by atoms with van der Waals surface area (Å²) in [7, 11) is 0. The monoisotopic (exact) mass is 394 g/mol. The van der Waals surface area contributed by atoms with E-state index in [1.54, 1.807) is 0 Å². The van der Waals surface area contributed by atoms with Crippen molar-refractivity contribution in [3.05, 3.63) is 19.6 Å². The normalized spacial score (nSPS) is 11.0. The molecule has 0 aliphatic carbocycles. The average molecular weight is 394 g/mol. The molecule has 0 amide bonds. The standard InChI is InChI=1S/C7H11O2.Rf/c1-4-7(8)9-5-6(2)3;/h4,6H,1-2,5H2,3H3;/q-1;. The van der Waals surface area contributed by atoms with Crippen LogP contribution in [-0.2, 0) is 9.53 Å². The van der Waals surface area contributed by atoms with E-state index in [1.807, 2.05) is 6.92 Å². The van der Waals surface area contributed by atoms with E-state index in [-0.39, 0.29) is 11.9 Å². The minimum atomic E-state index is -0.384. The first kappa shape index (κ1) is 11.1. The summed E-state index contributed by atoms with van der Waals surface area (Å²) in [5.74, 6) is -0.237. The Labute approximate surface area is 55.5 Å². The number of carbonyl (C=O) groups excluding carboxylic acids is 1. The molecule has 0 fully saturated rings. The Hall–Kier alpha value is -1.79. The van der Waals surface area contributed by atoms with Crippen molar-refractivity contribution in [3.63, 3.8) is 0 Å². The molecule has 54 valence electrons. The minimum Gasteiger partial charge on any atom is -0.465 e. The first-order valence-electron chi connectivity index (χ1n) is 2.79. The van der Waals surface area contributed by atoms with Crippen LogP contribution in [0.25, 0.3) is 0 Å². The summed E-state index contributed by atoms with van der Waals surface area (Å²) in [6, 6.07) is 0. The van der Waals surface area contributed by atoms with Gasteiger partial charge in [-0.05, 0) is 0 Å². The van der Waals surface area contributed by atoms with E-state index in [0.29, 0.717) is 6.61 Å². The second-order valence-electron chi connectivity index (χ2n) is 1.94. The number of esters is 1. The predicted octanol–water partition coefficient (Wildman–Crippen LogP) is 1.19. The maximum Gasteiger partial charge on any atom is 0.330 e. The third kappa shape index (κ3) is 6.21. The fourth-order valence-electron chi connectivity index (χ4n) is 0.283. The summed E-state index contributed by atoms with van der Waals surface area (Å²) in [5, 5.41) is 0. The van der Waals surface area contributed by atoms with E-state index in [9.17, 15) is 4.79 Å². The molecule has 0 N–H and O–H groups in total. The molecule has 0 spiro atoms. The van der Waals surface area contributed by atoms with Gasteiger partial charge in [0.2, 0.25) is 0 Å². The van der Waals surface area contributed by atoms with Crippen LogP contribution in [0, 0.1) is 12.8 Å². The molecule has 0 bridgehead atoms. The van der Waals surface area contributed by atoms with Gasteiger partial charge in [0.1, 0.15) is 0 Å². The van der Waals surface area contributed by atoms with Crippen LogP contribution in [0.4, 0.5) is 0 Å². The molecule has 0 aromatic carbocycles. The summed E-state index contributed by atoms with van der Waals surface area (Å²) in [6.07, 6.45) is 1.14. The molecular formula is C7H11O2Rf-. The van der Waals surface area contributed by atoms with Crippen molar-refractivity contribution >= 4 is 5.97 Å². The molecule has 2 nitrogen and oxygen atoms in total. The van der Waals surface area contributed by atoms with Crippen molar-refractivity contribution in [1.29, 1.82) is 0 Å². The zero-order chi connectivity index (χ0) is 7.28. The summed E-state index contributed by atoms with van der Waals surface area (Å²) < 4.78 is 4.63. The molecule has 10 heavy (non-hydrogen) atoms. The number of ether oxygens (including phenoxy) is 1. The van der Waals surface area contributed by atoms with Crippen LogP contribution in [0.15, 0.2) is 12.7 Å². The Morgan fingerprint density at radius 3 is 2.70 bits per heavy atom. The maximum atomic E-state index is 10.3. The zero-order valence-corrected chi connectivity index (χ0v) is 12.7. The van der Waals surface area contributed by atoms with Crippen LogP contribution >= 0.6 is 0 Å². The van der Waals surface area contributed by atoms with Gasteiger partial charge in [-0.2, -0.15) is 0 Å². The number of hydrogen-bond donors (Lipinski definition) is 0. The fourth-order valence-corrected chi connectivity index (χ4v) is 0.283. The quantitative estimate of drug-likeness (QED) is 0.409. The zero-order valence-electron chi connectivity index (χ0n) is 6.30. The van der Waals surface area contributed by atoms with Crippen molar-refractivity contribution in [1.82, 2.24) is 0 Å². The molecule has 0 aliphatic heterocycles. The van der Waals surface area contributed by atoms with Gasteiger partial charge in [0.25, 0.3) is 0 Å². The second kappa shape index (κ2) is 5.35. The fraction of sp³-hybridized carbons (Fsp3) is 0.429. The van der Waals surface area contributed by atoms with Crippen LogP contribution in [-0.4, -0.2) is 12.6 Å². The van der Waals surface area contributed by atoms with Crippen LogP contribution < -0.4 is 0 Å². The molecule has 0 aromatic heterocycles. The van der Waals surface area contributed by atoms with E-state index in [0.717, 1.165) is 6.08 Å². The van der Waals surface area contributed by atoms with Crippen molar-refractivity contribution < 1.29 is 9.53 Å².